The van der Waals surface area contributed by atoms with Gasteiger partial charge in [-0.25, -0.2) is 18.0 Å². The van der Waals surface area contributed by atoms with Crippen LogP contribution in [-0.2, 0) is 4.74 Å². The van der Waals surface area contributed by atoms with Crippen molar-refractivity contribution >= 4 is 5.97 Å². The summed E-state index contributed by atoms with van der Waals surface area (Å²) in [7, 11) is 0. The van der Waals surface area contributed by atoms with Gasteiger partial charge in [-0.05, 0) is 99.3 Å². The van der Waals surface area contributed by atoms with Crippen molar-refractivity contribution in [1.29, 1.82) is 0 Å². The van der Waals surface area contributed by atoms with E-state index in [1.54, 1.807) is 6.92 Å². The number of ether oxygens (including phenoxy) is 2. The summed E-state index contributed by atoms with van der Waals surface area (Å²) in [5.74, 6) is -5.01. The highest BCUT2D eigenvalue weighted by Gasteiger charge is 2.31. The van der Waals surface area contributed by atoms with Crippen molar-refractivity contribution in [1.82, 2.24) is 0 Å². The van der Waals surface area contributed by atoms with E-state index in [1.165, 1.54) is 24.3 Å². The Kier molecular flexibility index (Phi) is 8.37. The highest BCUT2D eigenvalue weighted by atomic mass is 19.2. The summed E-state index contributed by atoms with van der Waals surface area (Å²) >= 11 is 0. The van der Waals surface area contributed by atoms with Crippen LogP contribution in [0.5, 0.6) is 5.75 Å². The summed E-state index contributed by atoms with van der Waals surface area (Å²) in [6.45, 7) is 5.73. The van der Waals surface area contributed by atoms with Crippen LogP contribution in [0.1, 0.15) is 91.6 Å². The van der Waals surface area contributed by atoms with Crippen LogP contribution in [0.3, 0.4) is 0 Å². The SMILES string of the molecule is C=CC1CCC(c2ccc(C(=O)OC3CCC(c4ccc(OCC)c(F)c4F)CC3)c(F)c2F)CC1. The molecule has 4 rings (SSSR count). The molecule has 0 aliphatic heterocycles. The molecule has 0 bridgehead atoms. The standard InChI is InChI=1S/C29H32F4O3/c1-3-17-5-7-18(8-6-17)21-13-14-23(27(32)25(21)30)29(34)36-20-11-9-19(10-12-20)22-15-16-24(35-4-2)28(33)26(22)31/h3,13-20H,1,4-12H2,2H3. The molecule has 0 amide bonds. The third kappa shape index (κ3) is 5.45. The second-order valence-corrected chi connectivity index (χ2v) is 9.77. The van der Waals surface area contributed by atoms with Crippen LogP contribution in [0, 0.1) is 29.2 Å². The Morgan fingerprint density at radius 1 is 0.833 bits per heavy atom. The van der Waals surface area contributed by atoms with Crippen LogP contribution in [0.25, 0.3) is 0 Å². The summed E-state index contributed by atoms with van der Waals surface area (Å²) in [5, 5.41) is 0. The van der Waals surface area contributed by atoms with Crippen molar-refractivity contribution in [2.45, 2.75) is 76.2 Å². The molecule has 2 aromatic rings. The smallest absolute Gasteiger partial charge is 0.341 e. The minimum absolute atomic E-state index is 0.0797. The zero-order valence-corrected chi connectivity index (χ0v) is 20.5. The van der Waals surface area contributed by atoms with Gasteiger partial charge < -0.3 is 9.47 Å². The zero-order chi connectivity index (χ0) is 25.8. The maximum atomic E-state index is 14.9. The lowest BCUT2D eigenvalue weighted by Crippen LogP contribution is -2.25. The summed E-state index contributed by atoms with van der Waals surface area (Å²) in [6, 6.07) is 5.76. The molecule has 0 saturated heterocycles. The Hall–Kier alpha value is -2.83. The summed E-state index contributed by atoms with van der Waals surface area (Å²) in [5.41, 5.74) is 0.154. The van der Waals surface area contributed by atoms with E-state index in [0.29, 0.717) is 37.2 Å². The number of hydrogen-bond donors (Lipinski definition) is 0. The fraction of sp³-hybridized carbons (Fsp3) is 0.483. The first-order chi connectivity index (χ1) is 17.3. The van der Waals surface area contributed by atoms with Crippen LogP contribution < -0.4 is 4.74 Å². The normalized spacial score (nSPS) is 24.2. The number of carbonyl (C=O) groups is 1. The zero-order valence-electron chi connectivity index (χ0n) is 20.5. The molecule has 3 nitrogen and oxygen atoms in total. The third-order valence-electron chi connectivity index (χ3n) is 7.64. The second kappa shape index (κ2) is 11.5. The van der Waals surface area contributed by atoms with Crippen LogP contribution in [-0.4, -0.2) is 18.7 Å². The maximum Gasteiger partial charge on any atom is 0.341 e. The minimum atomic E-state index is -1.18. The van der Waals surface area contributed by atoms with Gasteiger partial charge in [0.1, 0.15) is 6.10 Å². The van der Waals surface area contributed by atoms with Gasteiger partial charge in [-0.2, -0.15) is 4.39 Å². The molecule has 0 N–H and O–H groups in total. The van der Waals surface area contributed by atoms with E-state index in [1.807, 2.05) is 6.08 Å². The summed E-state index contributed by atoms with van der Waals surface area (Å²) < 4.78 is 69.1. The second-order valence-electron chi connectivity index (χ2n) is 9.77. The predicted molar refractivity (Wildman–Crippen MR) is 129 cm³/mol. The van der Waals surface area contributed by atoms with E-state index in [9.17, 15) is 22.4 Å². The van der Waals surface area contributed by atoms with Crippen LogP contribution in [0.2, 0.25) is 0 Å². The largest absolute Gasteiger partial charge is 0.491 e. The molecule has 0 atom stereocenters. The number of carbonyl (C=O) groups excluding carboxylic acids is 1. The van der Waals surface area contributed by atoms with Gasteiger partial charge >= 0.3 is 5.97 Å². The molecule has 0 spiro atoms. The molecule has 7 heteroatoms. The molecule has 0 aromatic heterocycles. The highest BCUT2D eigenvalue weighted by molar-refractivity contribution is 5.90. The molecule has 2 aromatic carbocycles. The molecule has 2 fully saturated rings. The van der Waals surface area contributed by atoms with Crippen LogP contribution >= 0.6 is 0 Å². The fourth-order valence-electron chi connectivity index (χ4n) is 5.54. The molecular weight excluding hydrogens is 472 g/mol. The van der Waals surface area contributed by atoms with E-state index in [-0.39, 0.29) is 29.8 Å². The van der Waals surface area contributed by atoms with Crippen molar-refractivity contribution in [3.8, 4) is 5.75 Å². The van der Waals surface area contributed by atoms with Gasteiger partial charge in [-0.1, -0.05) is 18.2 Å². The first-order valence-corrected chi connectivity index (χ1v) is 12.8. The Bertz CT molecular complexity index is 1100. The number of esters is 1. The molecule has 2 aliphatic rings. The Morgan fingerprint density at radius 3 is 1.97 bits per heavy atom. The lowest BCUT2D eigenvalue weighted by molar-refractivity contribution is 0.0188. The number of halogens is 4. The van der Waals surface area contributed by atoms with Crippen molar-refractivity contribution in [2.75, 3.05) is 6.61 Å². The average Bonchev–Trinajstić information content (AvgIpc) is 2.89. The van der Waals surface area contributed by atoms with Gasteiger partial charge in [0.25, 0.3) is 0 Å². The number of allylic oxidation sites excluding steroid dienone is 1. The van der Waals surface area contributed by atoms with Gasteiger partial charge in [0.15, 0.2) is 23.2 Å². The van der Waals surface area contributed by atoms with E-state index in [4.69, 9.17) is 9.47 Å². The van der Waals surface area contributed by atoms with Gasteiger partial charge in [0.2, 0.25) is 5.82 Å². The first-order valence-electron chi connectivity index (χ1n) is 12.8. The summed E-state index contributed by atoms with van der Waals surface area (Å²) in [4.78, 5) is 12.6. The van der Waals surface area contributed by atoms with Crippen molar-refractivity contribution < 1.29 is 31.8 Å². The van der Waals surface area contributed by atoms with Gasteiger partial charge in [-0.3, -0.25) is 0 Å². The lowest BCUT2D eigenvalue weighted by atomic mass is 9.78. The Morgan fingerprint density at radius 2 is 1.39 bits per heavy atom. The third-order valence-corrected chi connectivity index (χ3v) is 7.64. The van der Waals surface area contributed by atoms with E-state index in [0.717, 1.165) is 25.7 Å². The van der Waals surface area contributed by atoms with Gasteiger partial charge in [0, 0.05) is 0 Å². The summed E-state index contributed by atoms with van der Waals surface area (Å²) in [6.07, 6.45) is 6.46. The molecule has 0 heterocycles. The monoisotopic (exact) mass is 504 g/mol. The molecule has 36 heavy (non-hydrogen) atoms. The maximum absolute atomic E-state index is 14.9. The minimum Gasteiger partial charge on any atom is -0.491 e. The van der Waals surface area contributed by atoms with Crippen LogP contribution in [0.4, 0.5) is 17.6 Å². The van der Waals surface area contributed by atoms with E-state index >= 15 is 0 Å². The molecule has 194 valence electrons. The Balaban J connectivity index is 1.36. The molecule has 0 unspecified atom stereocenters. The highest BCUT2D eigenvalue weighted by Crippen LogP contribution is 2.39. The van der Waals surface area contributed by atoms with E-state index in [2.05, 4.69) is 6.58 Å². The average molecular weight is 505 g/mol. The predicted octanol–water partition coefficient (Wildman–Crippen LogP) is 7.98. The number of hydrogen-bond acceptors (Lipinski definition) is 3. The van der Waals surface area contributed by atoms with Gasteiger partial charge in [-0.15, -0.1) is 6.58 Å². The number of rotatable bonds is 7. The lowest BCUT2D eigenvalue weighted by Gasteiger charge is -2.29. The van der Waals surface area contributed by atoms with Gasteiger partial charge in [0.05, 0.1) is 12.2 Å². The van der Waals surface area contributed by atoms with Crippen molar-refractivity contribution in [3.63, 3.8) is 0 Å². The Labute approximate surface area is 209 Å². The molecule has 0 radical (unpaired) electrons. The van der Waals surface area contributed by atoms with Crippen molar-refractivity contribution in [3.05, 3.63) is 76.9 Å². The quantitative estimate of drug-likeness (QED) is 0.218. The van der Waals surface area contributed by atoms with Crippen LogP contribution in [0.15, 0.2) is 36.9 Å². The molecule has 2 saturated carbocycles. The number of benzene rings is 2. The molecular formula is C29H32F4O3. The fourth-order valence-corrected chi connectivity index (χ4v) is 5.54. The topological polar surface area (TPSA) is 35.5 Å². The molecule has 2 aliphatic carbocycles. The van der Waals surface area contributed by atoms with E-state index < -0.39 is 40.9 Å². The first kappa shape index (κ1) is 26.2. The van der Waals surface area contributed by atoms with Crippen molar-refractivity contribution in [2.24, 2.45) is 5.92 Å².